The zero-order valence-corrected chi connectivity index (χ0v) is 20.3. The summed E-state index contributed by atoms with van der Waals surface area (Å²) in [4.78, 5) is 16.5. The third-order valence-corrected chi connectivity index (χ3v) is 5.01. The van der Waals surface area contributed by atoms with E-state index >= 15 is 0 Å². The smallest absolute Gasteiger partial charge is 0.261 e. The first-order chi connectivity index (χ1) is 15.1. The van der Waals surface area contributed by atoms with Crippen LogP contribution in [0.1, 0.15) is 40.2 Å². The van der Waals surface area contributed by atoms with E-state index < -0.39 is 11.6 Å². The summed E-state index contributed by atoms with van der Waals surface area (Å²) in [6.45, 7) is 15.8. The first kappa shape index (κ1) is 27.8. The molecule has 1 aromatic carbocycles. The molecule has 0 radical (unpaired) electrons. The minimum atomic E-state index is -0.637. The summed E-state index contributed by atoms with van der Waals surface area (Å²) in [5, 5.41) is 7.02. The Hall–Kier alpha value is -2.22. The van der Waals surface area contributed by atoms with E-state index in [1.54, 1.807) is 6.07 Å². The molecule has 2 heterocycles. The fraction of sp³-hybridized carbons (Fsp3) is 0.391. The lowest BCUT2D eigenvalue weighted by Crippen LogP contribution is -2.24. The van der Waals surface area contributed by atoms with E-state index in [0.29, 0.717) is 11.1 Å². The van der Waals surface area contributed by atoms with Gasteiger partial charge in [0.1, 0.15) is 11.3 Å². The highest BCUT2D eigenvalue weighted by Crippen LogP contribution is 2.21. The van der Waals surface area contributed by atoms with Gasteiger partial charge in [-0.25, -0.2) is 13.8 Å². The van der Waals surface area contributed by atoms with Crippen molar-refractivity contribution >= 4 is 39.8 Å². The van der Waals surface area contributed by atoms with Crippen LogP contribution >= 0.6 is 23.2 Å². The van der Waals surface area contributed by atoms with Gasteiger partial charge in [0, 0.05) is 24.3 Å². The molecule has 1 unspecified atom stereocenters. The molecule has 2 aromatic rings. The van der Waals surface area contributed by atoms with Crippen LogP contribution in [0, 0.1) is 5.82 Å². The summed E-state index contributed by atoms with van der Waals surface area (Å²) in [5.74, 6) is -1.10. The zero-order valence-electron chi connectivity index (χ0n) is 18.8. The quantitative estimate of drug-likeness (QED) is 0.489. The van der Waals surface area contributed by atoms with Gasteiger partial charge < -0.3 is 10.6 Å². The number of allylic oxidation sites excluding steroid dienone is 4. The topological polar surface area (TPSA) is 59.0 Å². The third-order valence-electron chi connectivity index (χ3n) is 4.37. The number of aromatic nitrogens is 2. The van der Waals surface area contributed by atoms with Crippen LogP contribution in [0.15, 0.2) is 58.4 Å². The zero-order chi connectivity index (χ0) is 24.4. The summed E-state index contributed by atoms with van der Waals surface area (Å²) in [5.41, 5.74) is 0.559. The molecule has 176 valence electrons. The molecule has 0 amide bonds. The van der Waals surface area contributed by atoms with Gasteiger partial charge in [0.2, 0.25) is 0 Å². The number of anilines is 1. The van der Waals surface area contributed by atoms with Gasteiger partial charge in [0.05, 0.1) is 21.8 Å². The van der Waals surface area contributed by atoms with Crippen LogP contribution in [0.25, 0.3) is 10.9 Å². The molecule has 1 aliphatic heterocycles. The Labute approximate surface area is 197 Å². The number of nitrogens with zero attached hydrogens (tertiary/aromatic N) is 2. The van der Waals surface area contributed by atoms with Crippen molar-refractivity contribution < 1.29 is 8.78 Å². The molecule has 1 atom stereocenters. The average Bonchev–Trinajstić information content (AvgIpc) is 3.23. The van der Waals surface area contributed by atoms with Gasteiger partial charge >= 0.3 is 0 Å². The van der Waals surface area contributed by atoms with Crippen molar-refractivity contribution in [2.75, 3.05) is 18.4 Å². The van der Waals surface area contributed by atoms with E-state index in [0.717, 1.165) is 25.6 Å². The van der Waals surface area contributed by atoms with Crippen LogP contribution in [0.4, 0.5) is 14.5 Å². The van der Waals surface area contributed by atoms with Gasteiger partial charge in [-0.2, -0.15) is 0 Å². The largest absolute Gasteiger partial charge is 0.381 e. The van der Waals surface area contributed by atoms with Crippen molar-refractivity contribution in [3.8, 4) is 0 Å². The predicted octanol–water partition coefficient (Wildman–Crippen LogP) is 6.26. The second kappa shape index (κ2) is 13.4. The molecule has 1 saturated heterocycles. The van der Waals surface area contributed by atoms with E-state index in [2.05, 4.69) is 28.8 Å². The lowest BCUT2D eigenvalue weighted by Gasteiger charge is -2.15. The Morgan fingerprint density at radius 1 is 1.34 bits per heavy atom. The van der Waals surface area contributed by atoms with Gasteiger partial charge in [-0.3, -0.25) is 9.36 Å². The van der Waals surface area contributed by atoms with Crippen molar-refractivity contribution in [2.24, 2.45) is 0 Å². The number of nitrogens with one attached hydrogen (secondary N) is 2. The Kier molecular flexibility index (Phi) is 11.6. The molecule has 9 heteroatoms. The Bertz CT molecular complexity index is 1030. The van der Waals surface area contributed by atoms with E-state index in [1.807, 2.05) is 27.7 Å². The molecule has 32 heavy (non-hydrogen) atoms. The summed E-state index contributed by atoms with van der Waals surface area (Å²) in [6.07, 6.45) is 3.40. The fourth-order valence-corrected chi connectivity index (χ4v) is 3.06. The fourth-order valence-electron chi connectivity index (χ4n) is 2.89. The van der Waals surface area contributed by atoms with Crippen molar-refractivity contribution in [2.45, 2.75) is 46.2 Å². The Morgan fingerprint density at radius 3 is 2.47 bits per heavy atom. The van der Waals surface area contributed by atoms with E-state index in [-0.39, 0.29) is 33.2 Å². The van der Waals surface area contributed by atoms with Crippen LogP contribution in [0.5, 0.6) is 0 Å². The van der Waals surface area contributed by atoms with Crippen LogP contribution in [0.3, 0.4) is 0 Å². The van der Waals surface area contributed by atoms with Gasteiger partial charge in [0.25, 0.3) is 5.56 Å². The Morgan fingerprint density at radius 2 is 2.00 bits per heavy atom. The van der Waals surface area contributed by atoms with Gasteiger partial charge in [0.15, 0.2) is 5.82 Å². The van der Waals surface area contributed by atoms with E-state index in [9.17, 15) is 13.6 Å². The summed E-state index contributed by atoms with van der Waals surface area (Å²) in [7, 11) is 0. The highest BCUT2D eigenvalue weighted by Gasteiger charge is 2.16. The molecule has 5 nitrogen and oxygen atoms in total. The van der Waals surface area contributed by atoms with Gasteiger partial charge in [-0.1, -0.05) is 50.2 Å². The molecule has 0 bridgehead atoms. The van der Waals surface area contributed by atoms with Crippen LogP contribution < -0.4 is 16.2 Å². The third kappa shape index (κ3) is 8.04. The van der Waals surface area contributed by atoms with Gasteiger partial charge in [-0.05, 0) is 45.0 Å². The van der Waals surface area contributed by atoms with E-state index in [1.165, 1.54) is 17.0 Å². The maximum absolute atomic E-state index is 14.2. The predicted molar refractivity (Wildman–Crippen MR) is 132 cm³/mol. The second-order valence-electron chi connectivity index (χ2n) is 7.08. The molecular weight excluding hydrogens is 457 g/mol. The maximum Gasteiger partial charge on any atom is 0.261 e. The minimum Gasteiger partial charge on any atom is -0.381 e. The molecule has 0 aliphatic carbocycles. The minimum absolute atomic E-state index is 0.00638. The number of hydrogen-bond acceptors (Lipinski definition) is 4. The average molecular weight is 487 g/mol. The number of rotatable bonds is 5. The van der Waals surface area contributed by atoms with Crippen molar-refractivity contribution in [1.82, 2.24) is 14.9 Å². The summed E-state index contributed by atoms with van der Waals surface area (Å²) in [6, 6.07) is 3.37. The number of hydrogen-bond donors (Lipinski definition) is 2. The molecular formula is C23H30Cl2F2N4O. The molecule has 1 fully saturated rings. The summed E-state index contributed by atoms with van der Waals surface area (Å²) >= 11 is 10.6. The van der Waals surface area contributed by atoms with Crippen molar-refractivity contribution in [1.29, 1.82) is 0 Å². The van der Waals surface area contributed by atoms with Crippen molar-refractivity contribution in [3.05, 3.63) is 69.8 Å². The first-order valence-corrected chi connectivity index (χ1v) is 11.1. The van der Waals surface area contributed by atoms with Gasteiger partial charge in [-0.15, -0.1) is 0 Å². The normalized spacial score (nSPS) is 15.5. The first-order valence-electron chi connectivity index (χ1n) is 10.3. The SMILES string of the molecule is C=C(F)/C=C(/Cl)C(=C)Cl.CC.CC(C)n1cnc2c(F)cc(NC3CCNC3)cc2c1=O. The molecule has 3 rings (SSSR count). The molecule has 1 aliphatic rings. The monoisotopic (exact) mass is 486 g/mol. The molecule has 0 saturated carbocycles. The Balaban J connectivity index is 0.000000396. The number of benzene rings is 1. The van der Waals surface area contributed by atoms with E-state index in [4.69, 9.17) is 23.2 Å². The molecule has 2 N–H and O–H groups in total. The summed E-state index contributed by atoms with van der Waals surface area (Å²) < 4.78 is 27.5. The molecule has 0 spiro atoms. The maximum atomic E-state index is 14.2. The molecule has 1 aromatic heterocycles. The lowest BCUT2D eigenvalue weighted by molar-refractivity contribution is 0.570. The van der Waals surface area contributed by atoms with Crippen LogP contribution in [-0.2, 0) is 0 Å². The second-order valence-corrected chi connectivity index (χ2v) is 7.95. The highest BCUT2D eigenvalue weighted by molar-refractivity contribution is 6.43. The number of fused-ring (bicyclic) bond motifs is 1. The van der Waals surface area contributed by atoms with Crippen molar-refractivity contribution in [3.63, 3.8) is 0 Å². The highest BCUT2D eigenvalue weighted by atomic mass is 35.5. The van der Waals surface area contributed by atoms with Crippen LogP contribution in [0.2, 0.25) is 0 Å². The lowest BCUT2D eigenvalue weighted by atomic mass is 10.1. The van der Waals surface area contributed by atoms with Crippen LogP contribution in [-0.4, -0.2) is 28.7 Å². The standard InChI is InChI=1S/C15H19FN4O.C6H5Cl2F.C2H6/c1-9(2)20-8-18-14-12(15(20)21)5-11(6-13(14)16)19-10-3-4-17-7-10;1-4(9)3-6(8)5(2)7;1-2/h5-6,8-10,17,19H,3-4,7H2,1-2H3;3H,1-2H2;1-2H3/b;6-3+;. The number of halogens is 4.